The topological polar surface area (TPSA) is 96.5 Å². The van der Waals surface area contributed by atoms with E-state index in [1.807, 2.05) is 0 Å². The predicted octanol–water partition coefficient (Wildman–Crippen LogP) is 4.56. The van der Waals surface area contributed by atoms with Gasteiger partial charge < -0.3 is 10.1 Å². The SMILES string of the molecule is CCOC(=O)C1=C[N+](c2nccnc2C(C)NC(=O)c2cc(C(F)(F)F)cc(C(F)(F)F)c2)=NC1. The van der Waals surface area contributed by atoms with Crippen molar-refractivity contribution in [1.82, 2.24) is 15.3 Å². The van der Waals surface area contributed by atoms with Gasteiger partial charge in [-0.15, -0.1) is 9.81 Å². The van der Waals surface area contributed by atoms with Crippen LogP contribution in [0.15, 0.2) is 47.5 Å². The van der Waals surface area contributed by atoms with Crippen LogP contribution in [0, 0.1) is 0 Å². The molecular formula is C21H18F6N5O3+. The highest BCUT2D eigenvalue weighted by Gasteiger charge is 2.38. The molecule has 3 rings (SSSR count). The second kappa shape index (κ2) is 9.80. The van der Waals surface area contributed by atoms with Crippen molar-refractivity contribution in [2.24, 2.45) is 5.11 Å². The van der Waals surface area contributed by atoms with Crippen LogP contribution >= 0.6 is 0 Å². The first-order chi connectivity index (χ1) is 16.3. The van der Waals surface area contributed by atoms with Crippen LogP contribution in [0.1, 0.15) is 47.1 Å². The maximum absolute atomic E-state index is 13.1. The van der Waals surface area contributed by atoms with Gasteiger partial charge in [-0.05, 0) is 37.0 Å². The van der Waals surface area contributed by atoms with E-state index in [1.165, 1.54) is 30.2 Å². The molecule has 35 heavy (non-hydrogen) atoms. The number of aromatic nitrogens is 2. The molecule has 1 aromatic carbocycles. The highest BCUT2D eigenvalue weighted by atomic mass is 19.4. The third-order valence-corrected chi connectivity index (χ3v) is 4.74. The molecule has 0 radical (unpaired) electrons. The van der Waals surface area contributed by atoms with Gasteiger partial charge in [-0.1, -0.05) is 0 Å². The zero-order valence-corrected chi connectivity index (χ0v) is 18.2. The van der Waals surface area contributed by atoms with E-state index >= 15 is 0 Å². The van der Waals surface area contributed by atoms with Gasteiger partial charge in [0.15, 0.2) is 11.9 Å². The maximum atomic E-state index is 13.1. The molecule has 186 valence electrons. The number of carbonyl (C=O) groups is 2. The Hall–Kier alpha value is -3.84. The molecule has 1 atom stereocenters. The lowest BCUT2D eigenvalue weighted by Crippen LogP contribution is -2.28. The Bertz CT molecular complexity index is 1170. The van der Waals surface area contributed by atoms with Gasteiger partial charge in [-0.3, -0.25) is 4.79 Å². The van der Waals surface area contributed by atoms with E-state index in [0.29, 0.717) is 12.1 Å². The van der Waals surface area contributed by atoms with Crippen LogP contribution in [-0.2, 0) is 21.9 Å². The molecule has 0 fully saturated rings. The van der Waals surface area contributed by atoms with Crippen molar-refractivity contribution < 1.29 is 45.4 Å². The predicted molar refractivity (Wildman–Crippen MR) is 106 cm³/mol. The zero-order valence-electron chi connectivity index (χ0n) is 18.2. The normalized spacial score (nSPS) is 14.7. The Morgan fingerprint density at radius 3 is 2.23 bits per heavy atom. The number of amides is 1. The fraction of sp³-hybridized carbons (Fsp3) is 0.333. The minimum atomic E-state index is -5.10. The van der Waals surface area contributed by atoms with Gasteiger partial charge in [0.05, 0.1) is 30.0 Å². The summed E-state index contributed by atoms with van der Waals surface area (Å²) in [5.74, 6) is -1.68. The number of ether oxygens (including phenoxy) is 1. The van der Waals surface area contributed by atoms with E-state index in [-0.39, 0.29) is 36.3 Å². The molecule has 0 bridgehead atoms. The van der Waals surface area contributed by atoms with Crippen molar-refractivity contribution in [3.63, 3.8) is 0 Å². The van der Waals surface area contributed by atoms with Gasteiger partial charge in [0.1, 0.15) is 18.3 Å². The molecule has 1 aliphatic heterocycles. The number of hydrogen-bond acceptors (Lipinski definition) is 6. The molecule has 1 N–H and O–H groups in total. The van der Waals surface area contributed by atoms with Crippen molar-refractivity contribution in [1.29, 1.82) is 0 Å². The molecule has 1 aromatic heterocycles. The van der Waals surface area contributed by atoms with E-state index in [1.54, 1.807) is 6.92 Å². The number of benzene rings is 1. The van der Waals surface area contributed by atoms with Gasteiger partial charge in [0, 0.05) is 5.56 Å². The van der Waals surface area contributed by atoms with Gasteiger partial charge in [0.2, 0.25) is 0 Å². The molecule has 1 unspecified atom stereocenters. The summed E-state index contributed by atoms with van der Waals surface area (Å²) in [4.78, 5) is 32.8. The van der Waals surface area contributed by atoms with Crippen LogP contribution in [0.4, 0.5) is 32.2 Å². The van der Waals surface area contributed by atoms with Crippen LogP contribution in [0.2, 0.25) is 0 Å². The first-order valence-corrected chi connectivity index (χ1v) is 10.1. The number of carbonyl (C=O) groups excluding carboxylic acids is 2. The summed E-state index contributed by atoms with van der Waals surface area (Å²) in [5, 5.41) is 6.45. The second-order valence-corrected chi connectivity index (χ2v) is 7.27. The van der Waals surface area contributed by atoms with Crippen molar-refractivity contribution in [3.05, 3.63) is 64.8 Å². The summed E-state index contributed by atoms with van der Waals surface area (Å²) in [5.41, 5.74) is -3.73. The highest BCUT2D eigenvalue weighted by Crippen LogP contribution is 2.36. The van der Waals surface area contributed by atoms with E-state index < -0.39 is 47.0 Å². The van der Waals surface area contributed by atoms with Crippen LogP contribution < -0.4 is 5.32 Å². The van der Waals surface area contributed by atoms with Crippen LogP contribution in [0.25, 0.3) is 0 Å². The van der Waals surface area contributed by atoms with Gasteiger partial charge in [0.25, 0.3) is 5.91 Å². The third-order valence-electron chi connectivity index (χ3n) is 4.74. The lowest BCUT2D eigenvalue weighted by Gasteiger charge is -2.16. The number of rotatable bonds is 6. The van der Waals surface area contributed by atoms with E-state index in [0.717, 1.165) is 0 Å². The molecule has 1 aliphatic rings. The Morgan fingerprint density at radius 2 is 1.66 bits per heavy atom. The molecule has 1 amide bonds. The lowest BCUT2D eigenvalue weighted by atomic mass is 10.0. The summed E-state index contributed by atoms with van der Waals surface area (Å²) in [6, 6.07) is -0.410. The number of nitrogens with one attached hydrogen (secondary N) is 1. The minimum absolute atomic E-state index is 0.0138. The highest BCUT2D eigenvalue weighted by molar-refractivity contribution is 5.95. The Kier molecular flexibility index (Phi) is 7.22. The molecule has 2 aromatic rings. The number of nitrogens with zero attached hydrogens (tertiary/aromatic N) is 4. The van der Waals surface area contributed by atoms with Crippen LogP contribution in [-0.4, -0.2) is 39.7 Å². The summed E-state index contributed by atoms with van der Waals surface area (Å²) < 4.78 is 84.8. The number of alkyl halides is 6. The summed E-state index contributed by atoms with van der Waals surface area (Å²) in [6.07, 6.45) is -6.26. The quantitative estimate of drug-likeness (QED) is 0.355. The average molecular weight is 502 g/mol. The first kappa shape index (κ1) is 25.8. The molecule has 0 saturated carbocycles. The summed E-state index contributed by atoms with van der Waals surface area (Å²) in [7, 11) is 0. The third kappa shape index (κ3) is 6.00. The largest absolute Gasteiger partial charge is 0.462 e. The smallest absolute Gasteiger partial charge is 0.416 e. The van der Waals surface area contributed by atoms with E-state index in [2.05, 4.69) is 20.4 Å². The minimum Gasteiger partial charge on any atom is -0.462 e. The van der Waals surface area contributed by atoms with Crippen molar-refractivity contribution in [3.8, 4) is 0 Å². The first-order valence-electron chi connectivity index (χ1n) is 10.1. The Labute approximate surface area is 194 Å². The Morgan fingerprint density at radius 1 is 1.06 bits per heavy atom. The Balaban J connectivity index is 1.89. The van der Waals surface area contributed by atoms with Crippen LogP contribution in [0.5, 0.6) is 0 Å². The number of halogens is 6. The zero-order chi connectivity index (χ0) is 26.0. The van der Waals surface area contributed by atoms with E-state index in [4.69, 9.17) is 4.74 Å². The molecule has 2 heterocycles. The molecule has 14 heteroatoms. The van der Waals surface area contributed by atoms with Crippen molar-refractivity contribution in [2.75, 3.05) is 13.2 Å². The van der Waals surface area contributed by atoms with E-state index in [9.17, 15) is 35.9 Å². The standard InChI is InChI=1S/C21H17F6N5O3/c1-3-35-19(34)13-9-30-32(10-13)17-16(28-4-5-29-17)11(2)31-18(33)12-6-14(20(22,23)24)8-15(7-12)21(25,26)27/h4-8,10-11H,3,9H2,1-2H3/p+1. The summed E-state index contributed by atoms with van der Waals surface area (Å²) >= 11 is 0. The lowest BCUT2D eigenvalue weighted by molar-refractivity contribution is -0.439. The summed E-state index contributed by atoms with van der Waals surface area (Å²) in [6.45, 7) is 3.19. The van der Waals surface area contributed by atoms with Gasteiger partial charge in [-0.25, -0.2) is 9.78 Å². The molecule has 8 nitrogen and oxygen atoms in total. The van der Waals surface area contributed by atoms with Crippen molar-refractivity contribution >= 4 is 17.7 Å². The molecule has 0 aliphatic carbocycles. The molecule has 0 spiro atoms. The second-order valence-electron chi connectivity index (χ2n) is 7.27. The molecular weight excluding hydrogens is 484 g/mol. The fourth-order valence-electron chi connectivity index (χ4n) is 3.11. The number of azo groups is 2. The van der Waals surface area contributed by atoms with Crippen LogP contribution in [0.3, 0.4) is 0 Å². The van der Waals surface area contributed by atoms with Gasteiger partial charge >= 0.3 is 24.1 Å². The van der Waals surface area contributed by atoms with Gasteiger partial charge in [-0.2, -0.15) is 26.3 Å². The number of hydrogen-bond donors (Lipinski definition) is 1. The maximum Gasteiger partial charge on any atom is 0.416 e. The monoisotopic (exact) mass is 502 g/mol. The number of esters is 1. The average Bonchev–Trinajstić information content (AvgIpc) is 3.28. The molecule has 0 saturated heterocycles. The fourth-order valence-corrected chi connectivity index (χ4v) is 3.11. The van der Waals surface area contributed by atoms with Crippen molar-refractivity contribution in [2.45, 2.75) is 32.2 Å².